The molecule has 1 aromatic carbocycles. The summed E-state index contributed by atoms with van der Waals surface area (Å²) >= 11 is 0. The number of piperidine rings is 1. The molecule has 1 saturated heterocycles. The van der Waals surface area contributed by atoms with Crippen molar-refractivity contribution in [3.63, 3.8) is 0 Å². The van der Waals surface area contributed by atoms with Gasteiger partial charge in [-0.15, -0.1) is 0 Å². The van der Waals surface area contributed by atoms with Gasteiger partial charge in [-0.2, -0.15) is 0 Å². The van der Waals surface area contributed by atoms with Crippen LogP contribution in [0.4, 0.5) is 0 Å². The molecule has 1 atom stereocenters. The number of carbonyl (C=O) groups is 1. The fourth-order valence-corrected chi connectivity index (χ4v) is 4.03. The molecule has 0 bridgehead atoms. The molecule has 1 aliphatic heterocycles. The minimum absolute atomic E-state index is 0.106. The number of aromatic nitrogens is 3. The Bertz CT molecular complexity index is 890. The highest BCUT2D eigenvalue weighted by atomic mass is 16.1. The van der Waals surface area contributed by atoms with E-state index in [2.05, 4.69) is 55.5 Å². The smallest absolute Gasteiger partial charge is 0.224 e. The average molecular weight is 392 g/mol. The lowest BCUT2D eigenvalue weighted by Crippen LogP contribution is -2.43. The zero-order valence-corrected chi connectivity index (χ0v) is 16.8. The number of amides is 1. The number of nitrogens with one attached hydrogen (secondary N) is 2. The van der Waals surface area contributed by atoms with Crippen molar-refractivity contribution in [3.05, 3.63) is 60.0 Å². The maximum absolute atomic E-state index is 12.6. The fourth-order valence-electron chi connectivity index (χ4n) is 4.03. The molecular weight excluding hydrogens is 362 g/mol. The third kappa shape index (κ3) is 5.41. The first kappa shape index (κ1) is 19.6. The second-order valence-electron chi connectivity index (χ2n) is 7.83. The number of aromatic amines is 1. The SMILES string of the molecule is O=C(NCCCc1nc2ncccc2[nH]1)C1CCCN(CCc2ccccc2)C1. The highest BCUT2D eigenvalue weighted by Gasteiger charge is 2.25. The second-order valence-corrected chi connectivity index (χ2v) is 7.83. The van der Waals surface area contributed by atoms with E-state index in [4.69, 9.17) is 0 Å². The Kier molecular flexibility index (Phi) is 6.52. The average Bonchev–Trinajstić information content (AvgIpc) is 3.19. The molecule has 2 N–H and O–H groups in total. The van der Waals surface area contributed by atoms with Crippen LogP contribution in [0.2, 0.25) is 0 Å². The van der Waals surface area contributed by atoms with E-state index in [-0.39, 0.29) is 11.8 Å². The monoisotopic (exact) mass is 391 g/mol. The van der Waals surface area contributed by atoms with Crippen molar-refractivity contribution in [2.24, 2.45) is 5.92 Å². The molecule has 3 aromatic rings. The summed E-state index contributed by atoms with van der Waals surface area (Å²) in [6.07, 6.45) is 6.56. The largest absolute Gasteiger partial charge is 0.356 e. The van der Waals surface area contributed by atoms with Gasteiger partial charge in [0.1, 0.15) is 5.82 Å². The molecule has 0 saturated carbocycles. The van der Waals surface area contributed by atoms with Crippen molar-refractivity contribution in [1.29, 1.82) is 0 Å². The van der Waals surface area contributed by atoms with Gasteiger partial charge in [-0.05, 0) is 49.9 Å². The molecule has 6 nitrogen and oxygen atoms in total. The first-order valence-corrected chi connectivity index (χ1v) is 10.6. The van der Waals surface area contributed by atoms with Crippen molar-refractivity contribution in [2.75, 3.05) is 26.2 Å². The molecule has 0 aliphatic carbocycles. The van der Waals surface area contributed by atoms with Gasteiger partial charge >= 0.3 is 0 Å². The van der Waals surface area contributed by atoms with Crippen molar-refractivity contribution in [2.45, 2.75) is 32.1 Å². The van der Waals surface area contributed by atoms with Gasteiger partial charge in [-0.3, -0.25) is 4.79 Å². The number of H-pyrrole nitrogens is 1. The van der Waals surface area contributed by atoms with E-state index in [1.54, 1.807) is 6.20 Å². The Morgan fingerprint density at radius 2 is 2.07 bits per heavy atom. The van der Waals surface area contributed by atoms with Crippen molar-refractivity contribution < 1.29 is 4.79 Å². The number of aryl methyl sites for hydroxylation is 1. The summed E-state index contributed by atoms with van der Waals surface area (Å²) in [5.41, 5.74) is 3.08. The van der Waals surface area contributed by atoms with Crippen LogP contribution in [0.3, 0.4) is 0 Å². The van der Waals surface area contributed by atoms with Crippen LogP contribution in [0.15, 0.2) is 48.7 Å². The number of nitrogens with zero attached hydrogens (tertiary/aromatic N) is 3. The first-order chi connectivity index (χ1) is 14.3. The van der Waals surface area contributed by atoms with E-state index in [1.807, 2.05) is 12.1 Å². The lowest BCUT2D eigenvalue weighted by atomic mass is 9.96. The molecule has 3 heterocycles. The van der Waals surface area contributed by atoms with Gasteiger partial charge < -0.3 is 15.2 Å². The summed E-state index contributed by atoms with van der Waals surface area (Å²) in [7, 11) is 0. The number of pyridine rings is 1. The quantitative estimate of drug-likeness (QED) is 0.579. The number of imidazole rings is 1. The third-order valence-electron chi connectivity index (χ3n) is 5.63. The van der Waals surface area contributed by atoms with Crippen LogP contribution < -0.4 is 5.32 Å². The fraction of sp³-hybridized carbons (Fsp3) is 0.435. The zero-order chi connectivity index (χ0) is 19.9. The Hall–Kier alpha value is -2.73. The molecule has 152 valence electrons. The van der Waals surface area contributed by atoms with Crippen LogP contribution in [0.25, 0.3) is 11.2 Å². The van der Waals surface area contributed by atoms with Crippen LogP contribution in [0.1, 0.15) is 30.7 Å². The summed E-state index contributed by atoms with van der Waals surface area (Å²) in [6, 6.07) is 14.5. The summed E-state index contributed by atoms with van der Waals surface area (Å²) in [5.74, 6) is 1.23. The van der Waals surface area contributed by atoms with Gasteiger partial charge in [-0.1, -0.05) is 30.3 Å². The van der Waals surface area contributed by atoms with E-state index in [0.29, 0.717) is 6.54 Å². The molecule has 1 fully saturated rings. The van der Waals surface area contributed by atoms with Gasteiger partial charge in [0, 0.05) is 32.3 Å². The van der Waals surface area contributed by atoms with Gasteiger partial charge in [0.25, 0.3) is 0 Å². The highest BCUT2D eigenvalue weighted by molar-refractivity contribution is 5.78. The predicted octanol–water partition coefficient (Wildman–Crippen LogP) is 2.96. The number of likely N-dealkylation sites (tertiary alicyclic amines) is 1. The van der Waals surface area contributed by atoms with Crippen molar-refractivity contribution >= 4 is 17.1 Å². The van der Waals surface area contributed by atoms with Gasteiger partial charge in [0.2, 0.25) is 5.91 Å². The molecule has 4 rings (SSSR count). The van der Waals surface area contributed by atoms with E-state index in [9.17, 15) is 4.79 Å². The zero-order valence-electron chi connectivity index (χ0n) is 16.8. The molecule has 0 spiro atoms. The molecule has 2 aromatic heterocycles. The maximum Gasteiger partial charge on any atom is 0.224 e. The second kappa shape index (κ2) is 9.65. The third-order valence-corrected chi connectivity index (χ3v) is 5.63. The topological polar surface area (TPSA) is 73.9 Å². The Balaban J connectivity index is 1.18. The molecule has 1 amide bonds. The Morgan fingerprint density at radius 1 is 1.17 bits per heavy atom. The van der Waals surface area contributed by atoms with Crippen molar-refractivity contribution in [1.82, 2.24) is 25.2 Å². The Morgan fingerprint density at radius 3 is 2.93 bits per heavy atom. The minimum atomic E-state index is 0.106. The number of rotatable bonds is 8. The van der Waals surface area contributed by atoms with Gasteiger partial charge in [-0.25, -0.2) is 9.97 Å². The number of hydrogen-bond acceptors (Lipinski definition) is 4. The Labute approximate surface area is 171 Å². The summed E-state index contributed by atoms with van der Waals surface area (Å²) in [6.45, 7) is 3.67. The van der Waals surface area contributed by atoms with E-state index >= 15 is 0 Å². The summed E-state index contributed by atoms with van der Waals surface area (Å²) in [4.78, 5) is 27.1. The number of benzene rings is 1. The van der Waals surface area contributed by atoms with Crippen LogP contribution in [0.5, 0.6) is 0 Å². The molecule has 1 aliphatic rings. The lowest BCUT2D eigenvalue weighted by Gasteiger charge is -2.32. The van der Waals surface area contributed by atoms with Crippen LogP contribution in [0, 0.1) is 5.92 Å². The van der Waals surface area contributed by atoms with E-state index in [1.165, 1.54) is 5.56 Å². The van der Waals surface area contributed by atoms with E-state index in [0.717, 1.165) is 68.7 Å². The van der Waals surface area contributed by atoms with Gasteiger partial charge in [0.15, 0.2) is 5.65 Å². The van der Waals surface area contributed by atoms with Crippen LogP contribution in [-0.4, -0.2) is 51.9 Å². The lowest BCUT2D eigenvalue weighted by molar-refractivity contribution is -0.126. The normalized spacial score (nSPS) is 17.4. The number of carbonyl (C=O) groups excluding carboxylic acids is 1. The summed E-state index contributed by atoms with van der Waals surface area (Å²) < 4.78 is 0. The predicted molar refractivity (Wildman–Crippen MR) is 115 cm³/mol. The highest BCUT2D eigenvalue weighted by Crippen LogP contribution is 2.17. The molecule has 0 radical (unpaired) electrons. The maximum atomic E-state index is 12.6. The number of fused-ring (bicyclic) bond motifs is 1. The molecule has 29 heavy (non-hydrogen) atoms. The molecule has 6 heteroatoms. The number of hydrogen-bond donors (Lipinski definition) is 2. The minimum Gasteiger partial charge on any atom is -0.356 e. The first-order valence-electron chi connectivity index (χ1n) is 10.6. The standard InChI is InChI=1S/C23H29N5O/c29-23(25-14-5-11-21-26-20-10-4-13-24-22(20)27-21)19-9-6-15-28(17-19)16-12-18-7-2-1-3-8-18/h1-4,7-8,10,13,19H,5-6,9,11-12,14-17H2,(H,25,29)(H,24,26,27). The van der Waals surface area contributed by atoms with Crippen LogP contribution >= 0.6 is 0 Å². The van der Waals surface area contributed by atoms with E-state index < -0.39 is 0 Å². The van der Waals surface area contributed by atoms with Crippen molar-refractivity contribution in [3.8, 4) is 0 Å². The van der Waals surface area contributed by atoms with Gasteiger partial charge in [0.05, 0.1) is 11.4 Å². The van der Waals surface area contributed by atoms with Crippen LogP contribution in [-0.2, 0) is 17.6 Å². The summed E-state index contributed by atoms with van der Waals surface area (Å²) in [5, 5.41) is 3.13. The molecule has 1 unspecified atom stereocenters. The molecular formula is C23H29N5O.